The predicted molar refractivity (Wildman–Crippen MR) is 128 cm³/mol. The van der Waals surface area contributed by atoms with Crippen molar-refractivity contribution in [2.75, 3.05) is 26.7 Å². The maximum Gasteiger partial charge on any atom is 0.194 e. The van der Waals surface area contributed by atoms with E-state index in [0.717, 1.165) is 22.5 Å². The van der Waals surface area contributed by atoms with E-state index in [-0.39, 0.29) is 37.1 Å². The van der Waals surface area contributed by atoms with Gasteiger partial charge in [0, 0.05) is 37.0 Å². The first-order valence-electron chi connectivity index (χ1n) is 9.09. The number of aryl methyl sites for hydroxylation is 1. The van der Waals surface area contributed by atoms with Crippen LogP contribution >= 0.6 is 39.9 Å². The smallest absolute Gasteiger partial charge is 0.194 e. The first-order valence-corrected chi connectivity index (χ1v) is 9.88. The second-order valence-corrected chi connectivity index (χ2v) is 7.38. The molecular weight excluding hydrogens is 535 g/mol. The molecule has 2 rings (SSSR count). The van der Waals surface area contributed by atoms with Crippen molar-refractivity contribution >= 4 is 45.9 Å². The van der Waals surface area contributed by atoms with Crippen LogP contribution < -0.4 is 5.32 Å². The fraction of sp³-hybridized carbons (Fsp3) is 0.450. The van der Waals surface area contributed by atoms with Gasteiger partial charge in [-0.25, -0.2) is 0 Å². The molecule has 2 aromatic rings. The molecule has 0 saturated carbocycles. The summed E-state index contributed by atoms with van der Waals surface area (Å²) in [4.78, 5) is 6.60. The summed E-state index contributed by atoms with van der Waals surface area (Å²) in [6.07, 6.45) is 1.39. The van der Waals surface area contributed by atoms with Gasteiger partial charge in [0.25, 0.3) is 0 Å². The van der Waals surface area contributed by atoms with E-state index in [0.29, 0.717) is 13.2 Å². The Morgan fingerprint density at radius 3 is 2.68 bits per heavy atom. The van der Waals surface area contributed by atoms with E-state index < -0.39 is 6.10 Å². The van der Waals surface area contributed by atoms with Crippen LogP contribution in [0.2, 0.25) is 0 Å². The van der Waals surface area contributed by atoms with Crippen LogP contribution in [0.15, 0.2) is 52.1 Å². The number of hydrogen-bond donors (Lipinski definition) is 2. The zero-order valence-corrected chi connectivity index (χ0v) is 20.6. The number of halogens is 2. The third-order valence-electron chi connectivity index (χ3n) is 4.04. The number of ether oxygens (including phenoxy) is 1. The molecule has 6 nitrogen and oxygen atoms in total. The molecule has 0 radical (unpaired) electrons. The minimum Gasteiger partial charge on any atom is -0.389 e. The van der Waals surface area contributed by atoms with Crippen molar-refractivity contribution in [2.45, 2.75) is 26.2 Å². The van der Waals surface area contributed by atoms with Gasteiger partial charge in [-0.05, 0) is 34.5 Å². The lowest BCUT2D eigenvalue weighted by Gasteiger charge is -2.22. The molecule has 156 valence electrons. The van der Waals surface area contributed by atoms with E-state index in [1.54, 1.807) is 0 Å². The molecule has 0 saturated heterocycles. The average molecular weight is 565 g/mol. The average Bonchev–Trinajstić information content (AvgIpc) is 2.96. The summed E-state index contributed by atoms with van der Waals surface area (Å²) < 4.78 is 8.72. The fourth-order valence-electron chi connectivity index (χ4n) is 2.64. The third-order valence-corrected chi connectivity index (χ3v) is 4.48. The standard InChI is InChI=1S/C20H29BrN4O2.HI/c1-4-22-20(25(3)13-18-10-17(21)12-24(18)2)23-11-19(26)15-27-14-16-8-6-5-7-9-16;/h5-10,12,19,26H,4,11,13-15H2,1-3H3,(H,22,23);1H. The van der Waals surface area contributed by atoms with Gasteiger partial charge < -0.3 is 24.6 Å². The van der Waals surface area contributed by atoms with E-state index in [1.807, 2.05) is 62.4 Å². The number of benzene rings is 1. The lowest BCUT2D eigenvalue weighted by molar-refractivity contribution is 0.0330. The molecule has 1 aromatic heterocycles. The van der Waals surface area contributed by atoms with Gasteiger partial charge in [0.15, 0.2) is 5.96 Å². The molecule has 28 heavy (non-hydrogen) atoms. The van der Waals surface area contributed by atoms with Crippen molar-refractivity contribution in [1.29, 1.82) is 0 Å². The quantitative estimate of drug-likeness (QED) is 0.278. The van der Waals surface area contributed by atoms with E-state index in [4.69, 9.17) is 4.74 Å². The Morgan fingerprint density at radius 2 is 2.07 bits per heavy atom. The number of aliphatic hydroxyl groups excluding tert-OH is 1. The van der Waals surface area contributed by atoms with Crippen LogP contribution in [0.3, 0.4) is 0 Å². The normalized spacial score (nSPS) is 12.4. The number of aliphatic imine (C=N–C) groups is 1. The van der Waals surface area contributed by atoms with Crippen molar-refractivity contribution in [3.8, 4) is 0 Å². The topological polar surface area (TPSA) is 62.0 Å². The van der Waals surface area contributed by atoms with Crippen LogP contribution in [-0.4, -0.2) is 53.4 Å². The van der Waals surface area contributed by atoms with Gasteiger partial charge in [0.2, 0.25) is 0 Å². The molecule has 0 fully saturated rings. The van der Waals surface area contributed by atoms with Gasteiger partial charge in [-0.3, -0.25) is 4.99 Å². The van der Waals surface area contributed by atoms with Crippen LogP contribution in [0.25, 0.3) is 0 Å². The Kier molecular flexibility index (Phi) is 11.7. The molecule has 0 amide bonds. The molecule has 0 aliphatic rings. The summed E-state index contributed by atoms with van der Waals surface area (Å²) >= 11 is 3.50. The fourth-order valence-corrected chi connectivity index (χ4v) is 3.21. The van der Waals surface area contributed by atoms with Crippen molar-refractivity contribution in [2.24, 2.45) is 12.0 Å². The molecule has 0 aliphatic carbocycles. The Labute approximate surface area is 193 Å². The highest BCUT2D eigenvalue weighted by Crippen LogP contribution is 2.15. The second kappa shape index (κ2) is 13.2. The highest BCUT2D eigenvalue weighted by molar-refractivity contribution is 14.0. The van der Waals surface area contributed by atoms with Crippen LogP contribution in [0, 0.1) is 0 Å². The van der Waals surface area contributed by atoms with Crippen LogP contribution in [0.5, 0.6) is 0 Å². The van der Waals surface area contributed by atoms with Crippen molar-refractivity contribution in [3.05, 3.63) is 58.3 Å². The minimum atomic E-state index is -0.639. The van der Waals surface area contributed by atoms with Crippen LogP contribution in [0.1, 0.15) is 18.2 Å². The first-order chi connectivity index (χ1) is 13.0. The first kappa shape index (κ1) is 24.9. The number of nitrogens with zero attached hydrogens (tertiary/aromatic N) is 3. The highest BCUT2D eigenvalue weighted by Gasteiger charge is 2.11. The van der Waals surface area contributed by atoms with Gasteiger partial charge in [0.05, 0.1) is 32.4 Å². The van der Waals surface area contributed by atoms with E-state index in [1.165, 1.54) is 5.69 Å². The van der Waals surface area contributed by atoms with Crippen molar-refractivity contribution in [3.63, 3.8) is 0 Å². The van der Waals surface area contributed by atoms with Crippen molar-refractivity contribution < 1.29 is 9.84 Å². The number of nitrogens with one attached hydrogen (secondary N) is 1. The summed E-state index contributed by atoms with van der Waals surface area (Å²) in [5.41, 5.74) is 2.26. The minimum absolute atomic E-state index is 0. The zero-order chi connectivity index (χ0) is 19.6. The Bertz CT molecular complexity index is 724. The molecule has 0 spiro atoms. The maximum absolute atomic E-state index is 10.2. The Hall–Kier alpha value is -1.10. The molecule has 2 N–H and O–H groups in total. The molecule has 1 heterocycles. The lowest BCUT2D eigenvalue weighted by Crippen LogP contribution is -2.39. The maximum atomic E-state index is 10.2. The third kappa shape index (κ3) is 8.50. The number of aromatic nitrogens is 1. The van der Waals surface area contributed by atoms with E-state index in [2.05, 4.69) is 36.9 Å². The molecule has 1 atom stereocenters. The predicted octanol–water partition coefficient (Wildman–Crippen LogP) is 3.38. The second-order valence-electron chi connectivity index (χ2n) is 6.47. The van der Waals surface area contributed by atoms with Gasteiger partial charge in [-0.1, -0.05) is 30.3 Å². The van der Waals surface area contributed by atoms with Crippen LogP contribution in [0.4, 0.5) is 0 Å². The molecule has 1 unspecified atom stereocenters. The SMILES string of the molecule is CCNC(=NCC(O)COCc1ccccc1)N(C)Cc1cc(Br)cn1C.I. The molecule has 8 heteroatoms. The number of aliphatic hydroxyl groups is 1. The monoisotopic (exact) mass is 564 g/mol. The Balaban J connectivity index is 0.00000392. The summed E-state index contributed by atoms with van der Waals surface area (Å²) in [6.45, 7) is 4.55. The molecular formula is C20H30BrIN4O2. The van der Waals surface area contributed by atoms with E-state index >= 15 is 0 Å². The van der Waals surface area contributed by atoms with Crippen molar-refractivity contribution in [1.82, 2.24) is 14.8 Å². The number of hydrogen-bond acceptors (Lipinski definition) is 3. The Morgan fingerprint density at radius 1 is 1.36 bits per heavy atom. The largest absolute Gasteiger partial charge is 0.389 e. The number of guanidine groups is 1. The zero-order valence-electron chi connectivity index (χ0n) is 16.6. The molecule has 0 bridgehead atoms. The lowest BCUT2D eigenvalue weighted by atomic mass is 10.2. The summed E-state index contributed by atoms with van der Waals surface area (Å²) in [5, 5.41) is 13.4. The van der Waals surface area contributed by atoms with Gasteiger partial charge in [0.1, 0.15) is 0 Å². The summed E-state index contributed by atoms with van der Waals surface area (Å²) in [7, 11) is 4.01. The van der Waals surface area contributed by atoms with E-state index in [9.17, 15) is 5.11 Å². The number of rotatable bonds is 9. The molecule has 0 aliphatic heterocycles. The highest BCUT2D eigenvalue weighted by atomic mass is 127. The van der Waals surface area contributed by atoms with Gasteiger partial charge >= 0.3 is 0 Å². The summed E-state index contributed by atoms with van der Waals surface area (Å²) in [5.74, 6) is 0.761. The van der Waals surface area contributed by atoms with Gasteiger partial charge in [-0.15, -0.1) is 24.0 Å². The summed E-state index contributed by atoms with van der Waals surface area (Å²) in [6, 6.07) is 12.0. The van der Waals surface area contributed by atoms with Crippen LogP contribution in [-0.2, 0) is 24.9 Å². The van der Waals surface area contributed by atoms with Gasteiger partial charge in [-0.2, -0.15) is 0 Å². The molecule has 1 aromatic carbocycles.